The molecule has 10 rings (SSSR count). The normalized spacial score (nSPS) is 33.3. The molecule has 3 aromatic rings. The molecule has 1 aliphatic heterocycles. The van der Waals surface area contributed by atoms with E-state index in [1.807, 2.05) is 12.1 Å². The van der Waals surface area contributed by atoms with Crippen LogP contribution in [0.3, 0.4) is 0 Å². The van der Waals surface area contributed by atoms with Crippen molar-refractivity contribution in [1.82, 2.24) is 0 Å². The van der Waals surface area contributed by atoms with E-state index in [-0.39, 0.29) is 52.8 Å². The first kappa shape index (κ1) is 35.1. The van der Waals surface area contributed by atoms with Gasteiger partial charge in [0.1, 0.15) is 23.6 Å². The highest BCUT2D eigenvalue weighted by atomic mass is 32.2. The van der Waals surface area contributed by atoms with Crippen LogP contribution in [0, 0.1) is 41.4 Å². The van der Waals surface area contributed by atoms with E-state index in [0.29, 0.717) is 30.9 Å². The Hall–Kier alpha value is -3.92. The van der Waals surface area contributed by atoms with E-state index in [0.717, 1.165) is 18.3 Å². The minimum absolute atomic E-state index is 0.00671. The number of ether oxygens (including phenoxy) is 4. The van der Waals surface area contributed by atoms with Gasteiger partial charge in [-0.15, -0.1) is 0 Å². The van der Waals surface area contributed by atoms with Crippen LogP contribution in [0.5, 0.6) is 5.75 Å². The molecular formula is C42H45F2O7S+. The summed E-state index contributed by atoms with van der Waals surface area (Å²) in [5, 5.41) is 0. The highest BCUT2D eigenvalue weighted by Gasteiger charge is 2.64. The molecule has 7 nitrogen and oxygen atoms in total. The lowest BCUT2D eigenvalue weighted by Gasteiger charge is -2.59. The van der Waals surface area contributed by atoms with Crippen LogP contribution in [0.2, 0.25) is 0 Å². The number of esters is 3. The quantitative estimate of drug-likeness (QED) is 0.125. The van der Waals surface area contributed by atoms with Crippen molar-refractivity contribution < 1.29 is 42.1 Å². The number of halogens is 2. The van der Waals surface area contributed by atoms with Crippen LogP contribution >= 0.6 is 0 Å². The van der Waals surface area contributed by atoms with Gasteiger partial charge in [-0.1, -0.05) is 36.4 Å². The van der Waals surface area contributed by atoms with Gasteiger partial charge in [0, 0.05) is 18.8 Å². The maximum atomic E-state index is 12.8. The lowest BCUT2D eigenvalue weighted by Crippen LogP contribution is -2.58. The van der Waals surface area contributed by atoms with Crippen molar-refractivity contribution in [3.63, 3.8) is 0 Å². The number of carbonyl (C=O) groups is 3. The summed E-state index contributed by atoms with van der Waals surface area (Å²) in [5.41, 5.74) is -0.308. The van der Waals surface area contributed by atoms with Gasteiger partial charge >= 0.3 is 23.8 Å². The molecule has 6 bridgehead atoms. The minimum atomic E-state index is -3.50. The first-order valence-electron chi connectivity index (χ1n) is 18.5. The van der Waals surface area contributed by atoms with Crippen LogP contribution in [0.4, 0.5) is 8.78 Å². The van der Waals surface area contributed by atoms with Crippen LogP contribution in [-0.4, -0.2) is 48.2 Å². The van der Waals surface area contributed by atoms with Gasteiger partial charge in [-0.2, -0.15) is 8.78 Å². The molecule has 52 heavy (non-hydrogen) atoms. The van der Waals surface area contributed by atoms with Gasteiger partial charge in [0.25, 0.3) is 0 Å². The molecule has 7 aliphatic rings. The van der Waals surface area contributed by atoms with Crippen molar-refractivity contribution in [2.24, 2.45) is 41.4 Å². The third-order valence-electron chi connectivity index (χ3n) is 12.5. The molecule has 0 aromatic heterocycles. The summed E-state index contributed by atoms with van der Waals surface area (Å²) in [4.78, 5) is 39.1. The minimum Gasteiger partial charge on any atom is -0.482 e. The molecule has 1 heterocycles. The third-order valence-corrected chi connectivity index (χ3v) is 14.7. The second kappa shape index (κ2) is 13.8. The van der Waals surface area contributed by atoms with Crippen molar-refractivity contribution in [3.8, 4) is 5.75 Å². The van der Waals surface area contributed by atoms with Crippen molar-refractivity contribution in [1.29, 1.82) is 0 Å². The number of carbonyl (C=O) groups excluding carboxylic acids is 3. The summed E-state index contributed by atoms with van der Waals surface area (Å²) in [6.45, 7) is 2.65. The number of hydrogen-bond acceptors (Lipinski definition) is 7. The van der Waals surface area contributed by atoms with Gasteiger partial charge < -0.3 is 18.9 Å². The fourth-order valence-electron chi connectivity index (χ4n) is 10.2. The van der Waals surface area contributed by atoms with Crippen LogP contribution in [0.25, 0.3) is 0 Å². The van der Waals surface area contributed by atoms with Gasteiger partial charge in [0.2, 0.25) is 0 Å². The van der Waals surface area contributed by atoms with Gasteiger partial charge in [-0.25, -0.2) is 9.59 Å². The average Bonchev–Trinajstić information content (AvgIpc) is 3.77. The fourth-order valence-corrected chi connectivity index (χ4v) is 12.3. The summed E-state index contributed by atoms with van der Waals surface area (Å²) in [6.07, 6.45) is 6.44. The molecule has 6 aliphatic carbocycles. The Labute approximate surface area is 306 Å². The van der Waals surface area contributed by atoms with E-state index in [4.69, 9.17) is 18.9 Å². The molecule has 5 atom stereocenters. The molecule has 0 N–H and O–H groups in total. The molecule has 7 fully saturated rings. The highest BCUT2D eigenvalue weighted by molar-refractivity contribution is 7.97. The molecule has 6 saturated carbocycles. The molecule has 1 saturated heterocycles. The Balaban J connectivity index is 0.000000190. The summed E-state index contributed by atoms with van der Waals surface area (Å²) in [6, 6.07) is 29.4. The summed E-state index contributed by atoms with van der Waals surface area (Å²) in [7, 11) is -0.196. The third kappa shape index (κ3) is 6.72. The largest absolute Gasteiger partial charge is 0.482 e. The first-order valence-corrected chi connectivity index (χ1v) is 19.8. The second-order valence-electron chi connectivity index (χ2n) is 15.8. The van der Waals surface area contributed by atoms with Crippen LogP contribution in [-0.2, 0) is 39.5 Å². The molecule has 0 amide bonds. The molecule has 274 valence electrons. The number of hydrogen-bond donors (Lipinski definition) is 0. The zero-order valence-electron chi connectivity index (χ0n) is 29.5. The maximum Gasteiger partial charge on any atom is 0.377 e. The predicted octanol–water partition coefficient (Wildman–Crippen LogP) is 8.05. The first-order chi connectivity index (χ1) is 25.0. The number of alkyl halides is 2. The van der Waals surface area contributed by atoms with Crippen molar-refractivity contribution in [2.45, 2.75) is 97.2 Å². The zero-order chi connectivity index (χ0) is 36.2. The van der Waals surface area contributed by atoms with Gasteiger partial charge in [-0.05, 0) is 124 Å². The van der Waals surface area contributed by atoms with Crippen LogP contribution in [0.1, 0.15) is 58.8 Å². The molecule has 0 radical (unpaired) electrons. The van der Waals surface area contributed by atoms with Crippen LogP contribution in [0.15, 0.2) is 99.6 Å². The van der Waals surface area contributed by atoms with E-state index in [1.165, 1.54) is 46.8 Å². The topological polar surface area (TPSA) is 88.1 Å². The molecular weight excluding hydrogens is 687 g/mol. The Morgan fingerprint density at radius 3 is 1.92 bits per heavy atom. The van der Waals surface area contributed by atoms with Crippen molar-refractivity contribution in [2.75, 3.05) is 6.61 Å². The Kier molecular flexibility index (Phi) is 9.33. The van der Waals surface area contributed by atoms with Gasteiger partial charge in [0.05, 0.1) is 16.8 Å². The highest BCUT2D eigenvalue weighted by Crippen LogP contribution is 2.59. The van der Waals surface area contributed by atoms with E-state index in [2.05, 4.69) is 79.7 Å². The standard InChI is InChI=1S/C31H33O3S.C11H12F2O4/c1-31(24-17-22-16-23(19-24)20-25(31)18-22)34-30(32)21-33-26-12-14-29(15-13-26)35(27-8-4-2-5-9-27)28-10-6-3-7-11-28;1-11(12,13)10(15)17-7-4-2-5-6(3-4)9(14)16-8(5)7/h2-15,22-25H,16-21H2,1H3;4-8H,2-3H2,1H3/q+1;. The summed E-state index contributed by atoms with van der Waals surface area (Å²) >= 11 is 0. The predicted molar refractivity (Wildman–Crippen MR) is 189 cm³/mol. The Morgan fingerprint density at radius 2 is 1.37 bits per heavy atom. The van der Waals surface area contributed by atoms with E-state index in [1.54, 1.807) is 0 Å². The van der Waals surface area contributed by atoms with E-state index < -0.39 is 24.1 Å². The smallest absolute Gasteiger partial charge is 0.377 e. The van der Waals surface area contributed by atoms with Gasteiger partial charge in [-0.3, -0.25) is 4.79 Å². The number of benzene rings is 3. The number of fused-ring (bicyclic) bond motifs is 1. The van der Waals surface area contributed by atoms with E-state index in [9.17, 15) is 23.2 Å². The second-order valence-corrected chi connectivity index (χ2v) is 17.8. The lowest BCUT2D eigenvalue weighted by atomic mass is 9.50. The molecule has 5 unspecified atom stereocenters. The SMILES string of the molecule is CC(F)(F)C(=O)OC1C2CC3C(=O)OC1C3C2.CC1(OC(=O)COc2ccc([S+](c3ccccc3)c3ccccc3)cc2)C2CC3CC(C2)CC1C3. The zero-order valence-corrected chi connectivity index (χ0v) is 30.3. The summed E-state index contributed by atoms with van der Waals surface area (Å²) < 4.78 is 47.5. The monoisotopic (exact) mass is 731 g/mol. The van der Waals surface area contributed by atoms with Crippen molar-refractivity contribution >= 4 is 28.8 Å². The van der Waals surface area contributed by atoms with Crippen molar-refractivity contribution in [3.05, 3.63) is 84.9 Å². The van der Waals surface area contributed by atoms with Crippen LogP contribution < -0.4 is 4.74 Å². The average molecular weight is 732 g/mol. The molecule has 0 spiro atoms. The number of rotatable bonds is 9. The fraction of sp³-hybridized carbons (Fsp3) is 0.500. The lowest BCUT2D eigenvalue weighted by molar-refractivity contribution is -0.204. The van der Waals surface area contributed by atoms with Gasteiger partial charge in [0.15, 0.2) is 21.3 Å². The Morgan fingerprint density at radius 1 is 0.808 bits per heavy atom. The van der Waals surface area contributed by atoms with E-state index >= 15 is 0 Å². The molecule has 10 heteroatoms. The maximum absolute atomic E-state index is 12.8. The molecule has 3 aromatic carbocycles. The Bertz CT molecular complexity index is 1710. The summed E-state index contributed by atoms with van der Waals surface area (Å²) in [5.74, 6) is -2.14.